The lowest BCUT2D eigenvalue weighted by atomic mass is 9.72. The largest absolute Gasteiger partial charge is 0.494 e. The van der Waals surface area contributed by atoms with E-state index in [4.69, 9.17) is 9.47 Å². The van der Waals surface area contributed by atoms with Gasteiger partial charge in [0, 0.05) is 0 Å². The zero-order valence-electron chi connectivity index (χ0n) is 25.5. The molecule has 0 N–H and O–H groups in total. The fourth-order valence-electron chi connectivity index (χ4n) is 6.73. The van der Waals surface area contributed by atoms with Crippen molar-refractivity contribution in [3.8, 4) is 45.9 Å². The minimum atomic E-state index is 0.566. The number of nitriles is 2. The van der Waals surface area contributed by atoms with Crippen LogP contribution in [0.4, 0.5) is 0 Å². The summed E-state index contributed by atoms with van der Waals surface area (Å²) in [6, 6.07) is 17.8. The third-order valence-corrected chi connectivity index (χ3v) is 8.94. The van der Waals surface area contributed by atoms with Gasteiger partial charge in [0.15, 0.2) is 0 Å². The average molecular weight is 561 g/mol. The van der Waals surface area contributed by atoms with Crippen LogP contribution in [0.25, 0.3) is 22.3 Å². The Morgan fingerprint density at radius 2 is 1.00 bits per heavy atom. The van der Waals surface area contributed by atoms with E-state index in [2.05, 4.69) is 62.4 Å². The molecule has 0 spiro atoms. The van der Waals surface area contributed by atoms with Gasteiger partial charge in [0.05, 0.1) is 24.3 Å². The highest BCUT2D eigenvalue weighted by atomic mass is 16.5. The molecule has 0 bridgehead atoms. The molecular weight excluding hydrogens is 516 g/mol. The second-order valence-electron chi connectivity index (χ2n) is 11.8. The van der Waals surface area contributed by atoms with Gasteiger partial charge in [-0.3, -0.25) is 0 Å². The number of nitrogens with zero attached hydrogens (tertiary/aromatic N) is 2. The van der Waals surface area contributed by atoms with Gasteiger partial charge >= 0.3 is 0 Å². The Balaban J connectivity index is 1.46. The van der Waals surface area contributed by atoms with Crippen molar-refractivity contribution >= 4 is 0 Å². The fraction of sp³-hybridized carbons (Fsp3) is 0.474. The van der Waals surface area contributed by atoms with E-state index >= 15 is 0 Å². The Morgan fingerprint density at radius 3 is 1.40 bits per heavy atom. The summed E-state index contributed by atoms with van der Waals surface area (Å²) in [5.41, 5.74) is 10.3. The summed E-state index contributed by atoms with van der Waals surface area (Å²) in [6.45, 7) is 5.96. The molecule has 0 amide bonds. The van der Waals surface area contributed by atoms with Gasteiger partial charge in [-0.2, -0.15) is 10.5 Å². The monoisotopic (exact) mass is 560 g/mol. The van der Waals surface area contributed by atoms with Crippen LogP contribution in [0.1, 0.15) is 111 Å². The summed E-state index contributed by atoms with van der Waals surface area (Å²) in [5.74, 6) is 1.85. The van der Waals surface area contributed by atoms with Gasteiger partial charge in [-0.05, 0) is 107 Å². The lowest BCUT2D eigenvalue weighted by Crippen LogP contribution is -2.16. The van der Waals surface area contributed by atoms with Crippen LogP contribution in [0.3, 0.4) is 0 Å². The first-order chi connectivity index (χ1) is 20.7. The normalized spacial score (nSPS) is 12.8. The lowest BCUT2D eigenvalue weighted by Gasteiger charge is -2.31. The van der Waals surface area contributed by atoms with Crippen molar-refractivity contribution < 1.29 is 9.47 Å². The van der Waals surface area contributed by atoms with Gasteiger partial charge in [-0.15, -0.1) is 0 Å². The average Bonchev–Trinajstić information content (AvgIpc) is 3.02. The van der Waals surface area contributed by atoms with Crippen molar-refractivity contribution in [3.05, 3.63) is 69.8 Å². The summed E-state index contributed by atoms with van der Waals surface area (Å²) in [7, 11) is 0. The minimum Gasteiger partial charge on any atom is -0.494 e. The molecule has 218 valence electrons. The molecule has 0 aliphatic heterocycles. The third kappa shape index (κ3) is 6.34. The highest BCUT2D eigenvalue weighted by Gasteiger charge is 2.32. The van der Waals surface area contributed by atoms with Gasteiger partial charge in [-0.25, -0.2) is 0 Å². The van der Waals surface area contributed by atoms with E-state index in [1.54, 1.807) is 0 Å². The smallest absolute Gasteiger partial charge is 0.119 e. The third-order valence-electron chi connectivity index (χ3n) is 8.94. The number of unbranched alkanes of at least 4 members (excludes halogenated alkanes) is 8. The Morgan fingerprint density at radius 1 is 0.571 bits per heavy atom. The van der Waals surface area contributed by atoms with Crippen LogP contribution in [0.5, 0.6) is 11.5 Å². The van der Waals surface area contributed by atoms with Crippen molar-refractivity contribution in [2.75, 3.05) is 13.2 Å². The first-order valence-corrected chi connectivity index (χ1v) is 16.2. The standard InChI is InChI=1S/C38H44N2O2/c1-3-5-7-9-11-21-41-29-15-19-31-27(23-29)13-17-33-35(25-39)36(26-40)34-18-14-28-24-30(42-22-12-10-8-6-4-2)16-20-32(28)38(34)37(31)33/h15-16,19-20,23-24H,3-14,17-18,21-22H2,1-2H3. The maximum absolute atomic E-state index is 10.2. The van der Waals surface area contributed by atoms with Crippen LogP contribution < -0.4 is 9.47 Å². The molecule has 3 aromatic carbocycles. The van der Waals surface area contributed by atoms with E-state index in [1.165, 1.54) is 73.6 Å². The van der Waals surface area contributed by atoms with Gasteiger partial charge < -0.3 is 9.47 Å². The Bertz CT molecular complexity index is 1380. The summed E-state index contributed by atoms with van der Waals surface area (Å²) < 4.78 is 12.3. The van der Waals surface area contributed by atoms with E-state index in [9.17, 15) is 10.5 Å². The van der Waals surface area contributed by atoms with Crippen molar-refractivity contribution in [2.24, 2.45) is 0 Å². The number of hydrogen-bond donors (Lipinski definition) is 0. The fourth-order valence-corrected chi connectivity index (χ4v) is 6.73. The molecule has 5 rings (SSSR count). The van der Waals surface area contributed by atoms with E-state index in [1.807, 2.05) is 0 Å². The predicted molar refractivity (Wildman–Crippen MR) is 170 cm³/mol. The molecule has 2 aliphatic rings. The van der Waals surface area contributed by atoms with Crippen LogP contribution >= 0.6 is 0 Å². The van der Waals surface area contributed by atoms with Crippen LogP contribution in [-0.4, -0.2) is 13.2 Å². The second kappa shape index (κ2) is 14.4. The van der Waals surface area contributed by atoms with Crippen molar-refractivity contribution in [1.82, 2.24) is 0 Å². The quantitative estimate of drug-likeness (QED) is 0.184. The van der Waals surface area contributed by atoms with E-state index < -0.39 is 0 Å². The van der Waals surface area contributed by atoms with Gasteiger partial charge in [0.2, 0.25) is 0 Å². The number of rotatable bonds is 14. The molecule has 4 nitrogen and oxygen atoms in total. The molecule has 2 aliphatic carbocycles. The van der Waals surface area contributed by atoms with Crippen LogP contribution in [0.15, 0.2) is 36.4 Å². The first-order valence-electron chi connectivity index (χ1n) is 16.2. The number of aryl methyl sites for hydroxylation is 2. The van der Waals surface area contributed by atoms with Crippen LogP contribution in [0.2, 0.25) is 0 Å². The van der Waals surface area contributed by atoms with Gasteiger partial charge in [0.25, 0.3) is 0 Å². The molecule has 0 fully saturated rings. The van der Waals surface area contributed by atoms with E-state index in [0.717, 1.165) is 85.5 Å². The molecule has 0 aromatic heterocycles. The molecule has 0 heterocycles. The Hall–Kier alpha value is -3.76. The summed E-state index contributed by atoms with van der Waals surface area (Å²) >= 11 is 0. The second-order valence-corrected chi connectivity index (χ2v) is 11.8. The first kappa shape index (κ1) is 29.7. The maximum atomic E-state index is 10.2. The number of hydrogen-bond acceptors (Lipinski definition) is 4. The van der Waals surface area contributed by atoms with E-state index in [-0.39, 0.29) is 0 Å². The molecule has 0 atom stereocenters. The van der Waals surface area contributed by atoms with Crippen molar-refractivity contribution in [2.45, 2.75) is 104 Å². The molecule has 3 aromatic rings. The zero-order chi connectivity index (χ0) is 29.3. The molecule has 0 unspecified atom stereocenters. The van der Waals surface area contributed by atoms with Gasteiger partial charge in [-0.1, -0.05) is 77.3 Å². The Labute approximate surface area is 252 Å². The molecular formula is C38H44N2O2. The topological polar surface area (TPSA) is 66.0 Å². The van der Waals surface area contributed by atoms with Gasteiger partial charge in [0.1, 0.15) is 23.6 Å². The molecule has 0 saturated heterocycles. The zero-order valence-corrected chi connectivity index (χ0v) is 25.5. The molecule has 4 heteroatoms. The number of fused-ring (bicyclic) bond motifs is 7. The number of benzene rings is 3. The van der Waals surface area contributed by atoms with Crippen LogP contribution in [-0.2, 0) is 25.7 Å². The Kier molecular flexibility index (Phi) is 10.2. The van der Waals surface area contributed by atoms with Crippen LogP contribution in [0, 0.1) is 22.7 Å². The summed E-state index contributed by atoms with van der Waals surface area (Å²) in [6.07, 6.45) is 15.4. The molecule has 0 radical (unpaired) electrons. The highest BCUT2D eigenvalue weighted by molar-refractivity contribution is 5.95. The molecule has 42 heavy (non-hydrogen) atoms. The van der Waals surface area contributed by atoms with Crippen molar-refractivity contribution in [1.29, 1.82) is 10.5 Å². The lowest BCUT2D eigenvalue weighted by molar-refractivity contribution is 0.304. The predicted octanol–water partition coefficient (Wildman–Crippen LogP) is 9.66. The highest BCUT2D eigenvalue weighted by Crippen LogP contribution is 2.49. The summed E-state index contributed by atoms with van der Waals surface area (Å²) in [4.78, 5) is 0. The maximum Gasteiger partial charge on any atom is 0.119 e. The summed E-state index contributed by atoms with van der Waals surface area (Å²) in [5, 5.41) is 20.4. The minimum absolute atomic E-state index is 0.566. The SMILES string of the molecule is CCCCCCCOc1ccc2c(c1)CCc1c(C#N)c(C#N)c3c(c1-2)-c1ccc(OCCCCCCC)cc1CC3. The molecule has 0 saturated carbocycles. The number of ether oxygens (including phenoxy) is 2. The van der Waals surface area contributed by atoms with E-state index in [0.29, 0.717) is 11.1 Å². The van der Waals surface area contributed by atoms with Crippen molar-refractivity contribution in [3.63, 3.8) is 0 Å².